The molecule has 2 rings (SSSR count). The van der Waals surface area contributed by atoms with Crippen molar-refractivity contribution in [3.05, 3.63) is 47.3 Å². The van der Waals surface area contributed by atoms with Crippen LogP contribution >= 0.6 is 0 Å². The molecule has 0 saturated carbocycles. The SMILES string of the molecule is CCNC(=NCc1cnn(C)c1)NCCc1cc(C)ccc1OC. The Balaban J connectivity index is 1.92. The summed E-state index contributed by atoms with van der Waals surface area (Å²) in [7, 11) is 3.62. The standard InChI is InChI=1S/C18H27N5O/c1-5-19-18(21-11-15-12-22-23(3)13-15)20-9-8-16-10-14(2)6-7-17(16)24-4/h6-7,10,12-13H,5,8-9,11H2,1-4H3,(H2,19,20,21). The zero-order chi connectivity index (χ0) is 17.4. The maximum Gasteiger partial charge on any atom is 0.191 e. The van der Waals surface area contributed by atoms with Gasteiger partial charge in [-0.1, -0.05) is 17.7 Å². The van der Waals surface area contributed by atoms with Crippen LogP contribution < -0.4 is 15.4 Å². The Morgan fingerprint density at radius 1 is 1.33 bits per heavy atom. The van der Waals surface area contributed by atoms with Crippen LogP contribution in [0.4, 0.5) is 0 Å². The van der Waals surface area contributed by atoms with Crippen LogP contribution in [0.25, 0.3) is 0 Å². The van der Waals surface area contributed by atoms with Gasteiger partial charge in [0.1, 0.15) is 5.75 Å². The highest BCUT2D eigenvalue weighted by Gasteiger charge is 2.04. The van der Waals surface area contributed by atoms with Crippen LogP contribution in [0.5, 0.6) is 5.75 Å². The number of guanidine groups is 1. The molecular weight excluding hydrogens is 302 g/mol. The maximum atomic E-state index is 5.43. The molecule has 6 nitrogen and oxygen atoms in total. The van der Waals surface area contributed by atoms with Gasteiger partial charge in [-0.15, -0.1) is 0 Å². The summed E-state index contributed by atoms with van der Waals surface area (Å²) in [6.45, 7) is 6.38. The van der Waals surface area contributed by atoms with E-state index < -0.39 is 0 Å². The highest BCUT2D eigenvalue weighted by molar-refractivity contribution is 5.79. The molecular formula is C18H27N5O. The zero-order valence-corrected chi connectivity index (χ0v) is 15.0. The normalized spacial score (nSPS) is 11.4. The molecule has 0 aliphatic rings. The highest BCUT2D eigenvalue weighted by atomic mass is 16.5. The first kappa shape index (κ1) is 17.8. The molecule has 0 amide bonds. The fourth-order valence-electron chi connectivity index (χ4n) is 2.48. The lowest BCUT2D eigenvalue weighted by Gasteiger charge is -2.13. The summed E-state index contributed by atoms with van der Waals surface area (Å²) >= 11 is 0. The lowest BCUT2D eigenvalue weighted by molar-refractivity contribution is 0.409. The summed E-state index contributed by atoms with van der Waals surface area (Å²) in [5.41, 5.74) is 3.53. The number of nitrogens with one attached hydrogen (secondary N) is 2. The minimum atomic E-state index is 0.608. The van der Waals surface area contributed by atoms with Crippen LogP contribution in [0, 0.1) is 6.92 Å². The molecule has 0 atom stereocenters. The molecule has 0 aliphatic heterocycles. The molecule has 0 spiro atoms. The van der Waals surface area contributed by atoms with Crippen molar-refractivity contribution in [2.24, 2.45) is 12.0 Å². The molecule has 1 heterocycles. The summed E-state index contributed by atoms with van der Waals surface area (Å²) in [6, 6.07) is 6.25. The molecule has 0 fully saturated rings. The molecule has 130 valence electrons. The van der Waals surface area contributed by atoms with Gasteiger partial charge in [-0.25, -0.2) is 4.99 Å². The van der Waals surface area contributed by atoms with Crippen LogP contribution in [0.2, 0.25) is 0 Å². The van der Waals surface area contributed by atoms with E-state index in [9.17, 15) is 0 Å². The number of nitrogens with zero attached hydrogens (tertiary/aromatic N) is 3. The number of aliphatic imine (C=N–C) groups is 1. The summed E-state index contributed by atoms with van der Waals surface area (Å²) < 4.78 is 7.22. The van der Waals surface area contributed by atoms with Crippen molar-refractivity contribution in [3.8, 4) is 5.75 Å². The number of hydrogen-bond donors (Lipinski definition) is 2. The van der Waals surface area contributed by atoms with Crippen molar-refractivity contribution in [1.29, 1.82) is 0 Å². The van der Waals surface area contributed by atoms with Crippen molar-refractivity contribution in [2.75, 3.05) is 20.2 Å². The minimum Gasteiger partial charge on any atom is -0.496 e. The van der Waals surface area contributed by atoms with E-state index in [4.69, 9.17) is 4.74 Å². The predicted octanol–water partition coefficient (Wildman–Crippen LogP) is 2.03. The van der Waals surface area contributed by atoms with Gasteiger partial charge in [-0.2, -0.15) is 5.10 Å². The molecule has 6 heteroatoms. The van der Waals surface area contributed by atoms with Gasteiger partial charge < -0.3 is 15.4 Å². The van der Waals surface area contributed by atoms with Crippen LogP contribution in [-0.2, 0) is 20.0 Å². The molecule has 0 radical (unpaired) electrons. The Kier molecular flexibility index (Phi) is 6.66. The zero-order valence-electron chi connectivity index (χ0n) is 15.0. The Morgan fingerprint density at radius 3 is 2.83 bits per heavy atom. The van der Waals surface area contributed by atoms with Crippen LogP contribution in [0.3, 0.4) is 0 Å². The second-order valence-corrected chi connectivity index (χ2v) is 5.71. The molecule has 0 bridgehead atoms. The molecule has 1 aromatic heterocycles. The van der Waals surface area contributed by atoms with Crippen LogP contribution in [0.15, 0.2) is 35.6 Å². The van der Waals surface area contributed by atoms with Crippen molar-refractivity contribution in [1.82, 2.24) is 20.4 Å². The molecule has 0 saturated heterocycles. The average Bonchev–Trinajstić information content (AvgIpc) is 2.98. The summed E-state index contributed by atoms with van der Waals surface area (Å²) in [4.78, 5) is 4.60. The van der Waals surface area contributed by atoms with E-state index in [1.54, 1.807) is 11.8 Å². The quantitative estimate of drug-likeness (QED) is 0.603. The first-order valence-corrected chi connectivity index (χ1v) is 8.25. The van der Waals surface area contributed by atoms with E-state index in [1.807, 2.05) is 25.5 Å². The van der Waals surface area contributed by atoms with E-state index >= 15 is 0 Å². The molecule has 2 aromatic rings. The van der Waals surface area contributed by atoms with Crippen LogP contribution in [0.1, 0.15) is 23.6 Å². The van der Waals surface area contributed by atoms with Gasteiger partial charge in [-0.3, -0.25) is 4.68 Å². The first-order valence-electron chi connectivity index (χ1n) is 8.25. The van der Waals surface area contributed by atoms with Gasteiger partial charge in [0.15, 0.2) is 5.96 Å². The van der Waals surface area contributed by atoms with Crippen molar-refractivity contribution in [3.63, 3.8) is 0 Å². The van der Waals surface area contributed by atoms with E-state index in [-0.39, 0.29) is 0 Å². The number of methoxy groups -OCH3 is 1. The number of aromatic nitrogens is 2. The van der Waals surface area contributed by atoms with E-state index in [2.05, 4.69) is 46.7 Å². The molecule has 24 heavy (non-hydrogen) atoms. The van der Waals surface area contributed by atoms with Crippen molar-refractivity contribution < 1.29 is 4.74 Å². The van der Waals surface area contributed by atoms with Gasteiger partial charge in [0.2, 0.25) is 0 Å². The van der Waals surface area contributed by atoms with Gasteiger partial charge in [0.05, 0.1) is 19.9 Å². The van der Waals surface area contributed by atoms with Crippen molar-refractivity contribution >= 4 is 5.96 Å². The predicted molar refractivity (Wildman–Crippen MR) is 97.5 cm³/mol. The molecule has 0 unspecified atom stereocenters. The van der Waals surface area contributed by atoms with Crippen molar-refractivity contribution in [2.45, 2.75) is 26.8 Å². The molecule has 2 N–H and O–H groups in total. The Labute approximate surface area is 143 Å². The molecule has 1 aromatic carbocycles. The number of rotatable bonds is 7. The van der Waals surface area contributed by atoms with Gasteiger partial charge in [0, 0.05) is 31.9 Å². The Bertz CT molecular complexity index is 678. The summed E-state index contributed by atoms with van der Waals surface area (Å²) in [6.07, 6.45) is 4.69. The lowest BCUT2D eigenvalue weighted by Crippen LogP contribution is -2.38. The number of hydrogen-bond acceptors (Lipinski definition) is 3. The van der Waals surface area contributed by atoms with Gasteiger partial charge in [0.25, 0.3) is 0 Å². The Morgan fingerprint density at radius 2 is 2.17 bits per heavy atom. The smallest absolute Gasteiger partial charge is 0.191 e. The second-order valence-electron chi connectivity index (χ2n) is 5.71. The van der Waals surface area contributed by atoms with Crippen LogP contribution in [-0.4, -0.2) is 35.9 Å². The number of benzene rings is 1. The fourth-order valence-corrected chi connectivity index (χ4v) is 2.48. The lowest BCUT2D eigenvalue weighted by atomic mass is 10.1. The van der Waals surface area contributed by atoms with E-state index in [0.717, 1.165) is 36.8 Å². The summed E-state index contributed by atoms with van der Waals surface area (Å²) in [5, 5.41) is 10.8. The van der Waals surface area contributed by atoms with E-state index in [0.29, 0.717) is 6.54 Å². The summed E-state index contributed by atoms with van der Waals surface area (Å²) in [5.74, 6) is 1.74. The minimum absolute atomic E-state index is 0.608. The third-order valence-electron chi connectivity index (χ3n) is 3.65. The number of aryl methyl sites for hydroxylation is 2. The Hall–Kier alpha value is -2.50. The number of ether oxygens (including phenoxy) is 1. The third kappa shape index (κ3) is 5.30. The van der Waals surface area contributed by atoms with Gasteiger partial charge in [-0.05, 0) is 31.9 Å². The van der Waals surface area contributed by atoms with E-state index in [1.165, 1.54) is 11.1 Å². The highest BCUT2D eigenvalue weighted by Crippen LogP contribution is 2.19. The maximum absolute atomic E-state index is 5.43. The third-order valence-corrected chi connectivity index (χ3v) is 3.65. The topological polar surface area (TPSA) is 63.5 Å². The first-order chi connectivity index (χ1) is 11.6. The van der Waals surface area contributed by atoms with Gasteiger partial charge >= 0.3 is 0 Å². The average molecular weight is 329 g/mol. The monoisotopic (exact) mass is 329 g/mol. The fraction of sp³-hybridized carbons (Fsp3) is 0.444. The largest absolute Gasteiger partial charge is 0.496 e. The second kappa shape index (κ2) is 8.96. The molecule has 0 aliphatic carbocycles.